The highest BCUT2D eigenvalue weighted by Gasteiger charge is 2.34. The summed E-state index contributed by atoms with van der Waals surface area (Å²) in [7, 11) is 1.42. The fourth-order valence-electron chi connectivity index (χ4n) is 2.42. The van der Waals surface area contributed by atoms with Gasteiger partial charge in [0.05, 0.1) is 12.2 Å². The van der Waals surface area contributed by atoms with Crippen LogP contribution in [0.1, 0.15) is 11.1 Å². The normalized spacial score (nSPS) is 15.3. The number of carbonyl (C=O) groups is 1. The van der Waals surface area contributed by atoms with Crippen molar-refractivity contribution in [3.63, 3.8) is 0 Å². The number of benzene rings is 2. The van der Waals surface area contributed by atoms with Gasteiger partial charge in [-0.15, -0.1) is 0 Å². The van der Waals surface area contributed by atoms with E-state index in [1.165, 1.54) is 7.11 Å². The average Bonchev–Trinajstić information content (AvgIpc) is 2.76. The Morgan fingerprint density at radius 3 is 2.68 bits per heavy atom. The van der Waals surface area contributed by atoms with E-state index in [1.54, 1.807) is 17.0 Å². The number of halogens is 2. The summed E-state index contributed by atoms with van der Waals surface area (Å²) in [4.78, 5) is 19.0. The van der Waals surface area contributed by atoms with Crippen molar-refractivity contribution < 1.29 is 9.63 Å². The lowest BCUT2D eigenvalue weighted by Gasteiger charge is -2.17. The van der Waals surface area contributed by atoms with E-state index in [9.17, 15) is 4.79 Å². The van der Waals surface area contributed by atoms with Crippen molar-refractivity contribution in [1.82, 2.24) is 0 Å². The molecule has 6 heteroatoms. The highest BCUT2D eigenvalue weighted by molar-refractivity contribution is 6.54. The number of fused-ring (bicyclic) bond motifs is 1. The van der Waals surface area contributed by atoms with Gasteiger partial charge < -0.3 is 9.74 Å². The zero-order chi connectivity index (χ0) is 15.7. The van der Waals surface area contributed by atoms with Crippen molar-refractivity contribution in [3.05, 3.63) is 63.6 Å². The van der Waals surface area contributed by atoms with Crippen LogP contribution in [0.25, 0.3) is 0 Å². The SMILES string of the molecule is CO/N=C1/C(=O)N(Cc2ccc(Cl)cc2Cl)c2ccccc21. The predicted molar refractivity (Wildman–Crippen MR) is 87.6 cm³/mol. The molecule has 0 fully saturated rings. The fourth-order valence-corrected chi connectivity index (χ4v) is 2.89. The molecule has 0 atom stereocenters. The summed E-state index contributed by atoms with van der Waals surface area (Å²) in [5.74, 6) is -0.214. The van der Waals surface area contributed by atoms with Crippen LogP contribution < -0.4 is 4.90 Å². The lowest BCUT2D eigenvalue weighted by atomic mass is 10.1. The largest absolute Gasteiger partial charge is 0.398 e. The minimum atomic E-state index is -0.214. The Hall–Kier alpha value is -2.04. The summed E-state index contributed by atoms with van der Waals surface area (Å²) in [6.45, 7) is 0.342. The van der Waals surface area contributed by atoms with Crippen LogP contribution in [0.15, 0.2) is 47.6 Å². The first-order chi connectivity index (χ1) is 10.6. The Kier molecular flexibility index (Phi) is 4.05. The van der Waals surface area contributed by atoms with Gasteiger partial charge in [-0.05, 0) is 23.8 Å². The van der Waals surface area contributed by atoms with Crippen molar-refractivity contribution in [3.8, 4) is 0 Å². The maximum absolute atomic E-state index is 12.6. The van der Waals surface area contributed by atoms with Crippen LogP contribution in [0.3, 0.4) is 0 Å². The van der Waals surface area contributed by atoms with E-state index in [4.69, 9.17) is 28.0 Å². The summed E-state index contributed by atoms with van der Waals surface area (Å²) in [5, 5.41) is 4.93. The quantitative estimate of drug-likeness (QED) is 0.799. The molecule has 22 heavy (non-hydrogen) atoms. The molecule has 0 aromatic heterocycles. The topological polar surface area (TPSA) is 41.9 Å². The molecule has 2 aromatic carbocycles. The van der Waals surface area contributed by atoms with Gasteiger partial charge in [0.25, 0.3) is 5.91 Å². The van der Waals surface area contributed by atoms with Crippen LogP contribution in [0.2, 0.25) is 10.0 Å². The first-order valence-electron chi connectivity index (χ1n) is 6.58. The molecule has 3 rings (SSSR count). The van der Waals surface area contributed by atoms with Crippen molar-refractivity contribution in [2.75, 3.05) is 12.0 Å². The van der Waals surface area contributed by atoms with Crippen LogP contribution in [0.5, 0.6) is 0 Å². The zero-order valence-electron chi connectivity index (χ0n) is 11.7. The lowest BCUT2D eigenvalue weighted by Crippen LogP contribution is -2.29. The molecule has 2 aromatic rings. The molecule has 112 valence electrons. The maximum atomic E-state index is 12.6. The van der Waals surface area contributed by atoms with E-state index >= 15 is 0 Å². The number of carbonyl (C=O) groups excluding carboxylic acids is 1. The van der Waals surface area contributed by atoms with Crippen molar-refractivity contribution in [2.45, 2.75) is 6.54 Å². The Labute approximate surface area is 137 Å². The molecule has 1 heterocycles. The molecular formula is C16H12Cl2N2O2. The lowest BCUT2D eigenvalue weighted by molar-refractivity contribution is -0.112. The zero-order valence-corrected chi connectivity index (χ0v) is 13.2. The minimum Gasteiger partial charge on any atom is -0.398 e. The molecule has 0 saturated heterocycles. The number of rotatable bonds is 3. The molecule has 0 aliphatic carbocycles. The molecule has 4 nitrogen and oxygen atoms in total. The highest BCUT2D eigenvalue weighted by atomic mass is 35.5. The molecule has 0 unspecified atom stereocenters. The van der Waals surface area contributed by atoms with Gasteiger partial charge in [-0.1, -0.05) is 52.6 Å². The Balaban J connectivity index is 2.01. The smallest absolute Gasteiger partial charge is 0.281 e. The van der Waals surface area contributed by atoms with Gasteiger partial charge in [0, 0.05) is 15.6 Å². The second kappa shape index (κ2) is 5.99. The average molecular weight is 335 g/mol. The van der Waals surface area contributed by atoms with Crippen LogP contribution >= 0.6 is 23.2 Å². The molecule has 0 N–H and O–H groups in total. The van der Waals surface area contributed by atoms with E-state index in [0.717, 1.165) is 16.8 Å². The summed E-state index contributed by atoms with van der Waals surface area (Å²) in [6, 6.07) is 12.7. The molecule has 0 spiro atoms. The molecule has 1 amide bonds. The standard InChI is InChI=1S/C16H12Cl2N2O2/c1-22-19-15-12-4-2-3-5-14(12)20(16(15)21)9-10-6-7-11(17)8-13(10)18/h2-8H,9H2,1H3/b19-15+. The van der Waals surface area contributed by atoms with Gasteiger partial charge in [-0.3, -0.25) is 4.79 Å². The van der Waals surface area contributed by atoms with Crippen molar-refractivity contribution in [2.24, 2.45) is 5.16 Å². The van der Waals surface area contributed by atoms with E-state index in [-0.39, 0.29) is 5.91 Å². The molecule has 0 saturated carbocycles. The van der Waals surface area contributed by atoms with Crippen molar-refractivity contribution in [1.29, 1.82) is 0 Å². The van der Waals surface area contributed by atoms with E-state index in [0.29, 0.717) is 22.3 Å². The molecule has 0 bridgehead atoms. The Morgan fingerprint density at radius 1 is 1.18 bits per heavy atom. The second-order valence-corrected chi connectivity index (χ2v) is 5.61. The first-order valence-corrected chi connectivity index (χ1v) is 7.33. The van der Waals surface area contributed by atoms with Crippen LogP contribution in [-0.2, 0) is 16.2 Å². The van der Waals surface area contributed by atoms with E-state index < -0.39 is 0 Å². The Bertz CT molecular complexity index is 774. The number of nitrogens with zero attached hydrogens (tertiary/aromatic N) is 2. The number of hydrogen-bond acceptors (Lipinski definition) is 3. The van der Waals surface area contributed by atoms with Gasteiger partial charge in [0.15, 0.2) is 5.71 Å². The number of anilines is 1. The number of para-hydroxylation sites is 1. The van der Waals surface area contributed by atoms with Gasteiger partial charge in [0.2, 0.25) is 0 Å². The predicted octanol–water partition coefficient (Wildman–Crippen LogP) is 3.89. The number of hydrogen-bond donors (Lipinski definition) is 0. The second-order valence-electron chi connectivity index (χ2n) is 4.77. The van der Waals surface area contributed by atoms with Gasteiger partial charge in [-0.2, -0.15) is 0 Å². The van der Waals surface area contributed by atoms with E-state index in [1.807, 2.05) is 30.3 Å². The van der Waals surface area contributed by atoms with Gasteiger partial charge >= 0.3 is 0 Å². The summed E-state index contributed by atoms with van der Waals surface area (Å²) < 4.78 is 0. The molecule has 1 aliphatic rings. The van der Waals surface area contributed by atoms with Crippen LogP contribution in [0, 0.1) is 0 Å². The fraction of sp³-hybridized carbons (Fsp3) is 0.125. The maximum Gasteiger partial charge on any atom is 0.281 e. The third-order valence-corrected chi connectivity index (χ3v) is 4.01. The van der Waals surface area contributed by atoms with E-state index in [2.05, 4.69) is 5.16 Å². The Morgan fingerprint density at radius 2 is 1.95 bits per heavy atom. The van der Waals surface area contributed by atoms with Gasteiger partial charge in [0.1, 0.15) is 7.11 Å². The summed E-state index contributed by atoms with van der Waals surface area (Å²) in [5.41, 5.74) is 2.64. The minimum absolute atomic E-state index is 0.214. The first kappa shape index (κ1) is 14.9. The van der Waals surface area contributed by atoms with Crippen LogP contribution in [-0.4, -0.2) is 18.7 Å². The van der Waals surface area contributed by atoms with Gasteiger partial charge in [-0.25, -0.2) is 0 Å². The van der Waals surface area contributed by atoms with Crippen LogP contribution in [0.4, 0.5) is 5.69 Å². The third-order valence-electron chi connectivity index (χ3n) is 3.42. The summed E-state index contributed by atoms with van der Waals surface area (Å²) >= 11 is 12.1. The molecular weight excluding hydrogens is 323 g/mol. The highest BCUT2D eigenvalue weighted by Crippen LogP contribution is 2.32. The summed E-state index contributed by atoms with van der Waals surface area (Å²) in [6.07, 6.45) is 0. The number of oxime groups is 1. The monoisotopic (exact) mass is 334 g/mol. The van der Waals surface area contributed by atoms with Crippen molar-refractivity contribution >= 4 is 40.5 Å². The number of amides is 1. The third kappa shape index (κ3) is 2.56. The molecule has 0 radical (unpaired) electrons. The molecule has 1 aliphatic heterocycles.